The molecule has 0 aliphatic rings. The fraction of sp³-hybridized carbons (Fsp3) is 0.615. The van der Waals surface area contributed by atoms with E-state index in [-0.39, 0.29) is 12.8 Å². The summed E-state index contributed by atoms with van der Waals surface area (Å²) in [6, 6.07) is -3.67. The molecule has 0 saturated heterocycles. The monoisotopic (exact) mass is 347 g/mol. The second kappa shape index (κ2) is 11.7. The minimum atomic E-state index is -1.44. The van der Waals surface area contributed by atoms with Crippen molar-refractivity contribution in [3.05, 3.63) is 0 Å². The van der Waals surface area contributed by atoms with Gasteiger partial charge in [-0.1, -0.05) is 0 Å². The first-order valence-corrected chi connectivity index (χ1v) is 7.19. The summed E-state index contributed by atoms with van der Waals surface area (Å²) in [5.74, 6) is -3.92. The van der Waals surface area contributed by atoms with Gasteiger partial charge in [0, 0.05) is 13.0 Å². The summed E-state index contributed by atoms with van der Waals surface area (Å²) in [6.45, 7) is 0.373. The zero-order valence-corrected chi connectivity index (χ0v) is 12.9. The third-order valence-electron chi connectivity index (χ3n) is 3.00. The number of amides is 3. The summed E-state index contributed by atoms with van der Waals surface area (Å²) in [5, 5.41) is 33.1. The number of nitrogens with one attached hydrogen (secondary N) is 3. The van der Waals surface area contributed by atoms with Crippen LogP contribution in [0.3, 0.4) is 0 Å². The first-order chi connectivity index (χ1) is 11.3. The summed E-state index contributed by atoms with van der Waals surface area (Å²) in [7, 11) is 0. The van der Waals surface area contributed by atoms with Crippen LogP contribution in [0.5, 0.6) is 0 Å². The van der Waals surface area contributed by atoms with E-state index in [0.29, 0.717) is 25.8 Å². The fourth-order valence-electron chi connectivity index (χ4n) is 1.78. The van der Waals surface area contributed by atoms with Gasteiger partial charge in [0.15, 0.2) is 0 Å². The standard InChI is InChI=1S/C13H21N3O8/c17-7-14-6-2-1-3-8(11(20)21)15-13(24)16-9(12(22)23)4-5-10(18)19/h7-9H,1-6H2,(H,14,17)(H,18,19)(H,20,21)(H,22,23)(H2,15,16,24). The normalized spacial score (nSPS) is 12.5. The zero-order valence-electron chi connectivity index (χ0n) is 12.9. The van der Waals surface area contributed by atoms with E-state index in [0.717, 1.165) is 0 Å². The van der Waals surface area contributed by atoms with E-state index in [1.165, 1.54) is 0 Å². The van der Waals surface area contributed by atoms with E-state index in [1.54, 1.807) is 0 Å². The molecule has 0 aliphatic carbocycles. The highest BCUT2D eigenvalue weighted by molar-refractivity contribution is 5.86. The molecule has 2 unspecified atom stereocenters. The van der Waals surface area contributed by atoms with Crippen molar-refractivity contribution < 1.29 is 39.3 Å². The Morgan fingerprint density at radius 2 is 1.42 bits per heavy atom. The minimum Gasteiger partial charge on any atom is -0.481 e. The number of hydrogen-bond acceptors (Lipinski definition) is 5. The minimum absolute atomic E-state index is 0.0934. The van der Waals surface area contributed by atoms with Crippen LogP contribution in [0.4, 0.5) is 4.79 Å². The molecule has 136 valence electrons. The van der Waals surface area contributed by atoms with Crippen LogP contribution in [0.2, 0.25) is 0 Å². The molecule has 0 spiro atoms. The van der Waals surface area contributed by atoms with E-state index in [4.69, 9.17) is 15.3 Å². The maximum absolute atomic E-state index is 11.7. The van der Waals surface area contributed by atoms with Crippen molar-refractivity contribution in [1.29, 1.82) is 0 Å². The summed E-state index contributed by atoms with van der Waals surface area (Å²) in [5.41, 5.74) is 0. The molecule has 24 heavy (non-hydrogen) atoms. The number of carbonyl (C=O) groups is 5. The van der Waals surface area contributed by atoms with Gasteiger partial charge in [-0.2, -0.15) is 0 Å². The Balaban J connectivity index is 4.42. The van der Waals surface area contributed by atoms with E-state index in [1.807, 2.05) is 5.32 Å². The average molecular weight is 347 g/mol. The van der Waals surface area contributed by atoms with Crippen molar-refractivity contribution >= 4 is 30.3 Å². The van der Waals surface area contributed by atoms with Crippen molar-refractivity contribution in [2.45, 2.75) is 44.2 Å². The number of hydrogen-bond donors (Lipinski definition) is 6. The lowest BCUT2D eigenvalue weighted by atomic mass is 10.1. The average Bonchev–Trinajstić information content (AvgIpc) is 2.49. The molecule has 0 aromatic carbocycles. The molecule has 0 aromatic rings. The molecule has 11 nitrogen and oxygen atoms in total. The summed E-state index contributed by atoms with van der Waals surface area (Å²) >= 11 is 0. The number of rotatable bonds is 13. The van der Waals surface area contributed by atoms with Crippen molar-refractivity contribution in [1.82, 2.24) is 16.0 Å². The zero-order chi connectivity index (χ0) is 18.5. The van der Waals surface area contributed by atoms with Crippen LogP contribution in [0, 0.1) is 0 Å². The highest BCUT2D eigenvalue weighted by Gasteiger charge is 2.24. The molecule has 0 heterocycles. The maximum atomic E-state index is 11.7. The van der Waals surface area contributed by atoms with Gasteiger partial charge < -0.3 is 31.3 Å². The number of unbranched alkanes of at least 4 members (excludes halogenated alkanes) is 1. The van der Waals surface area contributed by atoms with E-state index < -0.39 is 42.4 Å². The lowest BCUT2D eigenvalue weighted by molar-refractivity contribution is -0.140. The number of urea groups is 1. The van der Waals surface area contributed by atoms with Gasteiger partial charge in [-0.3, -0.25) is 9.59 Å². The molecule has 0 aromatic heterocycles. The summed E-state index contributed by atoms with van der Waals surface area (Å²) in [4.78, 5) is 54.2. The third kappa shape index (κ3) is 9.97. The Morgan fingerprint density at radius 1 is 0.875 bits per heavy atom. The Kier molecular flexibility index (Phi) is 10.3. The fourth-order valence-corrected chi connectivity index (χ4v) is 1.78. The van der Waals surface area contributed by atoms with Gasteiger partial charge in [0.2, 0.25) is 6.41 Å². The quantitative estimate of drug-likeness (QED) is 0.180. The Hall–Kier alpha value is -2.85. The summed E-state index contributed by atoms with van der Waals surface area (Å²) < 4.78 is 0. The SMILES string of the molecule is O=CNCCCCC(NC(=O)NC(CCC(=O)O)C(=O)O)C(=O)O. The van der Waals surface area contributed by atoms with Gasteiger partial charge in [0.05, 0.1) is 0 Å². The predicted octanol–water partition coefficient (Wildman–Crippen LogP) is -1.03. The molecular weight excluding hydrogens is 326 g/mol. The van der Waals surface area contributed by atoms with Crippen LogP contribution < -0.4 is 16.0 Å². The van der Waals surface area contributed by atoms with Gasteiger partial charge in [-0.15, -0.1) is 0 Å². The molecule has 0 saturated carbocycles. The third-order valence-corrected chi connectivity index (χ3v) is 3.00. The van der Waals surface area contributed by atoms with Crippen molar-refractivity contribution in [2.75, 3.05) is 6.54 Å². The number of carboxylic acid groups (broad SMARTS) is 3. The van der Waals surface area contributed by atoms with Gasteiger partial charge in [-0.05, 0) is 25.7 Å². The van der Waals surface area contributed by atoms with Crippen LogP contribution in [0.25, 0.3) is 0 Å². The lowest BCUT2D eigenvalue weighted by Crippen LogP contribution is -2.51. The van der Waals surface area contributed by atoms with E-state index in [2.05, 4.69) is 10.6 Å². The highest BCUT2D eigenvalue weighted by atomic mass is 16.4. The molecule has 0 rings (SSSR count). The summed E-state index contributed by atoms with van der Waals surface area (Å²) in [6.07, 6.45) is 0.762. The number of aliphatic carboxylic acids is 3. The van der Waals surface area contributed by atoms with E-state index >= 15 is 0 Å². The molecule has 6 N–H and O–H groups in total. The Morgan fingerprint density at radius 3 is 1.88 bits per heavy atom. The molecule has 0 aliphatic heterocycles. The predicted molar refractivity (Wildman–Crippen MR) is 79.3 cm³/mol. The highest BCUT2D eigenvalue weighted by Crippen LogP contribution is 2.02. The molecule has 3 amide bonds. The van der Waals surface area contributed by atoms with Crippen LogP contribution in [-0.4, -0.2) is 64.3 Å². The van der Waals surface area contributed by atoms with Crippen LogP contribution in [-0.2, 0) is 19.2 Å². The second-order valence-electron chi connectivity index (χ2n) is 4.90. The van der Waals surface area contributed by atoms with Crippen molar-refractivity contribution in [3.63, 3.8) is 0 Å². The van der Waals surface area contributed by atoms with Crippen molar-refractivity contribution in [2.24, 2.45) is 0 Å². The van der Waals surface area contributed by atoms with Crippen LogP contribution in [0.15, 0.2) is 0 Å². The Bertz CT molecular complexity index is 468. The first-order valence-electron chi connectivity index (χ1n) is 7.19. The lowest BCUT2D eigenvalue weighted by Gasteiger charge is -2.18. The van der Waals surface area contributed by atoms with Crippen LogP contribution >= 0.6 is 0 Å². The molecule has 0 fully saturated rings. The molecule has 0 radical (unpaired) electrons. The second-order valence-corrected chi connectivity index (χ2v) is 4.90. The van der Waals surface area contributed by atoms with Crippen molar-refractivity contribution in [3.8, 4) is 0 Å². The van der Waals surface area contributed by atoms with Crippen LogP contribution in [0.1, 0.15) is 32.1 Å². The molecule has 0 bridgehead atoms. The van der Waals surface area contributed by atoms with Gasteiger partial charge in [0.25, 0.3) is 0 Å². The Labute approximate surface area is 137 Å². The largest absolute Gasteiger partial charge is 0.481 e. The first kappa shape index (κ1) is 21.1. The van der Waals surface area contributed by atoms with Gasteiger partial charge in [-0.25, -0.2) is 14.4 Å². The number of carboxylic acids is 3. The van der Waals surface area contributed by atoms with Gasteiger partial charge >= 0.3 is 23.9 Å². The molecule has 2 atom stereocenters. The van der Waals surface area contributed by atoms with E-state index in [9.17, 15) is 24.0 Å². The molecular formula is C13H21N3O8. The maximum Gasteiger partial charge on any atom is 0.326 e. The van der Waals surface area contributed by atoms with Gasteiger partial charge in [0.1, 0.15) is 12.1 Å². The molecule has 11 heteroatoms. The smallest absolute Gasteiger partial charge is 0.326 e. The topological polar surface area (TPSA) is 182 Å². The number of carbonyl (C=O) groups excluding carboxylic acids is 2.